The first-order valence-electron chi connectivity index (χ1n) is 8.09. The molecule has 0 aliphatic carbocycles. The van der Waals surface area contributed by atoms with Gasteiger partial charge in [-0.2, -0.15) is 0 Å². The van der Waals surface area contributed by atoms with Crippen LogP contribution < -0.4 is 4.74 Å². The smallest absolute Gasteiger partial charge is 0.189 e. The highest BCUT2D eigenvalue weighted by Gasteiger charge is 2.11. The van der Waals surface area contributed by atoms with Crippen LogP contribution in [-0.4, -0.2) is 28.2 Å². The fourth-order valence-corrected chi connectivity index (χ4v) is 2.40. The number of hydrogen-bond acceptors (Lipinski definition) is 5. The van der Waals surface area contributed by atoms with Crippen LogP contribution >= 0.6 is 0 Å². The van der Waals surface area contributed by atoms with Crippen LogP contribution in [0.1, 0.15) is 35.3 Å². The highest BCUT2D eigenvalue weighted by molar-refractivity contribution is 6.08. The average Bonchev–Trinajstić information content (AvgIpc) is 2.59. The van der Waals surface area contributed by atoms with E-state index in [1.165, 1.54) is 25.3 Å². The number of carbonyl (C=O) groups is 1. The Morgan fingerprint density at radius 3 is 2.46 bits per heavy atom. The summed E-state index contributed by atoms with van der Waals surface area (Å²) in [5, 5.41) is 29.3. The lowest BCUT2D eigenvalue weighted by atomic mass is 10.0. The van der Waals surface area contributed by atoms with E-state index in [0.29, 0.717) is 23.3 Å². The third-order valence-corrected chi connectivity index (χ3v) is 3.80. The lowest BCUT2D eigenvalue weighted by Gasteiger charge is -2.10. The first kappa shape index (κ1) is 19.1. The minimum Gasteiger partial charge on any atom is -0.508 e. The molecular formula is C21H22O5. The molecule has 0 atom stereocenters. The standard InChI is InChI=1S/C21H22O5/c1-13(2)4-6-15-10-14(11-20(26-3)21(15)25)5-9-18(23)17-8-7-16(22)12-19(17)24/h4-5,7-12,22,24-25H,6H2,1-3H3/b9-5+. The van der Waals surface area contributed by atoms with Crippen molar-refractivity contribution in [3.05, 3.63) is 64.7 Å². The maximum absolute atomic E-state index is 12.3. The molecule has 0 fully saturated rings. The Balaban J connectivity index is 2.32. The molecule has 0 radical (unpaired) electrons. The van der Waals surface area contributed by atoms with Gasteiger partial charge in [0.1, 0.15) is 11.5 Å². The van der Waals surface area contributed by atoms with Crippen LogP contribution in [-0.2, 0) is 6.42 Å². The molecule has 0 saturated heterocycles. The molecule has 2 rings (SSSR count). The molecule has 5 heteroatoms. The Labute approximate surface area is 152 Å². The van der Waals surface area contributed by atoms with E-state index >= 15 is 0 Å². The summed E-state index contributed by atoms with van der Waals surface area (Å²) in [5.41, 5.74) is 2.59. The van der Waals surface area contributed by atoms with Crippen molar-refractivity contribution in [3.8, 4) is 23.0 Å². The maximum atomic E-state index is 12.3. The van der Waals surface area contributed by atoms with Gasteiger partial charge in [-0.1, -0.05) is 17.7 Å². The third-order valence-electron chi connectivity index (χ3n) is 3.80. The second-order valence-corrected chi connectivity index (χ2v) is 6.12. The molecular weight excluding hydrogens is 332 g/mol. The third kappa shape index (κ3) is 4.66. The van der Waals surface area contributed by atoms with Gasteiger partial charge in [0.05, 0.1) is 12.7 Å². The zero-order valence-electron chi connectivity index (χ0n) is 15.0. The van der Waals surface area contributed by atoms with Gasteiger partial charge in [0.2, 0.25) is 0 Å². The summed E-state index contributed by atoms with van der Waals surface area (Å²) in [5.74, 6) is -0.406. The molecule has 0 heterocycles. The number of ketones is 1. The predicted molar refractivity (Wildman–Crippen MR) is 101 cm³/mol. The van der Waals surface area contributed by atoms with E-state index in [-0.39, 0.29) is 22.8 Å². The Morgan fingerprint density at radius 1 is 1.12 bits per heavy atom. The quantitative estimate of drug-likeness (QED) is 0.411. The number of ether oxygens (including phenoxy) is 1. The number of hydrogen-bond donors (Lipinski definition) is 3. The number of phenolic OH excluding ortho intramolecular Hbond substituents is 3. The molecule has 2 aromatic rings. The van der Waals surface area contributed by atoms with E-state index < -0.39 is 5.78 Å². The molecule has 0 aliphatic rings. The molecule has 26 heavy (non-hydrogen) atoms. The van der Waals surface area contributed by atoms with Crippen molar-refractivity contribution in [2.45, 2.75) is 20.3 Å². The van der Waals surface area contributed by atoms with E-state index in [2.05, 4.69) is 0 Å². The molecule has 0 amide bonds. The number of methoxy groups -OCH3 is 1. The Kier molecular flexibility index (Phi) is 6.07. The van der Waals surface area contributed by atoms with Gasteiger partial charge in [0, 0.05) is 11.6 Å². The van der Waals surface area contributed by atoms with Crippen LogP contribution in [0.25, 0.3) is 6.08 Å². The van der Waals surface area contributed by atoms with Crippen molar-refractivity contribution in [2.24, 2.45) is 0 Å². The van der Waals surface area contributed by atoms with E-state index in [1.807, 2.05) is 19.9 Å². The molecule has 2 aromatic carbocycles. The second kappa shape index (κ2) is 8.25. The van der Waals surface area contributed by atoms with Gasteiger partial charge >= 0.3 is 0 Å². The fraction of sp³-hybridized carbons (Fsp3) is 0.190. The number of allylic oxidation sites excluding steroid dienone is 3. The summed E-state index contributed by atoms with van der Waals surface area (Å²) in [6, 6.07) is 7.21. The molecule has 0 bridgehead atoms. The highest BCUT2D eigenvalue weighted by atomic mass is 16.5. The van der Waals surface area contributed by atoms with Crippen LogP contribution in [0.5, 0.6) is 23.0 Å². The van der Waals surface area contributed by atoms with Crippen molar-refractivity contribution in [1.29, 1.82) is 0 Å². The summed E-state index contributed by atoms with van der Waals surface area (Å²) in [7, 11) is 1.47. The van der Waals surface area contributed by atoms with Crippen LogP contribution in [0.3, 0.4) is 0 Å². The van der Waals surface area contributed by atoms with Crippen molar-refractivity contribution < 1.29 is 24.9 Å². The molecule has 5 nitrogen and oxygen atoms in total. The zero-order chi connectivity index (χ0) is 19.3. The van der Waals surface area contributed by atoms with E-state index in [4.69, 9.17) is 4.74 Å². The molecule has 0 aromatic heterocycles. The lowest BCUT2D eigenvalue weighted by Crippen LogP contribution is -1.95. The van der Waals surface area contributed by atoms with Crippen LogP contribution in [0, 0.1) is 0 Å². The summed E-state index contributed by atoms with van der Waals surface area (Å²) in [6.07, 6.45) is 5.44. The normalized spacial score (nSPS) is 10.7. The molecule has 0 unspecified atom stereocenters. The van der Waals surface area contributed by atoms with Crippen LogP contribution in [0.4, 0.5) is 0 Å². The first-order valence-corrected chi connectivity index (χ1v) is 8.09. The minimum absolute atomic E-state index is 0.0738. The average molecular weight is 354 g/mol. The topological polar surface area (TPSA) is 87.0 Å². The summed E-state index contributed by atoms with van der Waals surface area (Å²) >= 11 is 0. The van der Waals surface area contributed by atoms with E-state index in [1.54, 1.807) is 18.2 Å². The van der Waals surface area contributed by atoms with Crippen molar-refractivity contribution in [1.82, 2.24) is 0 Å². The predicted octanol–water partition coefficient (Wildman–Crippen LogP) is 4.22. The van der Waals surface area contributed by atoms with Crippen molar-refractivity contribution in [2.75, 3.05) is 7.11 Å². The zero-order valence-corrected chi connectivity index (χ0v) is 15.0. The largest absolute Gasteiger partial charge is 0.508 e. The van der Waals surface area contributed by atoms with Gasteiger partial charge in [0.15, 0.2) is 17.3 Å². The van der Waals surface area contributed by atoms with Gasteiger partial charge < -0.3 is 20.1 Å². The second-order valence-electron chi connectivity index (χ2n) is 6.12. The molecule has 3 N–H and O–H groups in total. The van der Waals surface area contributed by atoms with Crippen LogP contribution in [0.15, 0.2) is 48.1 Å². The summed E-state index contributed by atoms with van der Waals surface area (Å²) in [4.78, 5) is 12.3. The molecule has 136 valence electrons. The van der Waals surface area contributed by atoms with Gasteiger partial charge in [-0.05, 0) is 56.2 Å². The van der Waals surface area contributed by atoms with E-state index in [9.17, 15) is 20.1 Å². The van der Waals surface area contributed by atoms with Gasteiger partial charge in [0.25, 0.3) is 0 Å². The van der Waals surface area contributed by atoms with Crippen molar-refractivity contribution in [3.63, 3.8) is 0 Å². The van der Waals surface area contributed by atoms with E-state index in [0.717, 1.165) is 11.6 Å². The van der Waals surface area contributed by atoms with Gasteiger partial charge in [-0.25, -0.2) is 0 Å². The summed E-state index contributed by atoms with van der Waals surface area (Å²) in [6.45, 7) is 3.95. The van der Waals surface area contributed by atoms with Crippen LogP contribution in [0.2, 0.25) is 0 Å². The number of benzene rings is 2. The molecule has 0 saturated carbocycles. The lowest BCUT2D eigenvalue weighted by molar-refractivity contribution is 0.104. The highest BCUT2D eigenvalue weighted by Crippen LogP contribution is 2.33. The molecule has 0 spiro atoms. The Morgan fingerprint density at radius 2 is 1.85 bits per heavy atom. The monoisotopic (exact) mass is 354 g/mol. The van der Waals surface area contributed by atoms with Crippen molar-refractivity contribution >= 4 is 11.9 Å². The Hall–Kier alpha value is -3.21. The minimum atomic E-state index is -0.402. The number of phenols is 3. The molecule has 0 aliphatic heterocycles. The number of rotatable bonds is 6. The number of aromatic hydroxyl groups is 3. The summed E-state index contributed by atoms with van der Waals surface area (Å²) < 4.78 is 5.20. The SMILES string of the molecule is COc1cc(/C=C/C(=O)c2ccc(O)cc2O)cc(CC=C(C)C)c1O. The van der Waals surface area contributed by atoms with Gasteiger partial charge in [-0.15, -0.1) is 0 Å². The Bertz CT molecular complexity index is 874. The number of carbonyl (C=O) groups excluding carboxylic acids is 1. The first-order chi connectivity index (χ1) is 12.3. The maximum Gasteiger partial charge on any atom is 0.189 e. The van der Waals surface area contributed by atoms with Gasteiger partial charge in [-0.3, -0.25) is 4.79 Å². The fourth-order valence-electron chi connectivity index (χ4n) is 2.40.